The molecule has 2 heterocycles. The van der Waals surface area contributed by atoms with Crippen LogP contribution in [0.3, 0.4) is 0 Å². The molecule has 5 nitrogen and oxygen atoms in total. The number of hydrogen-bond acceptors (Lipinski definition) is 5. The fraction of sp³-hybridized carbons (Fsp3) is 0.333. The Bertz CT molecular complexity index is 1060. The van der Waals surface area contributed by atoms with Crippen LogP contribution in [0.25, 0.3) is 10.9 Å². The molecule has 1 fully saturated rings. The summed E-state index contributed by atoms with van der Waals surface area (Å²) in [6, 6.07) is 17.0. The number of nitrogens with zero attached hydrogens (tertiary/aromatic N) is 3. The van der Waals surface area contributed by atoms with Gasteiger partial charge in [0.05, 0.1) is 42.1 Å². The maximum atomic E-state index is 9.35. The molecule has 1 saturated heterocycles. The number of rotatable bonds is 4. The second kappa shape index (κ2) is 7.73. The van der Waals surface area contributed by atoms with Crippen LogP contribution in [0.1, 0.15) is 30.5 Å². The number of nitriles is 1. The first-order valence-electron chi connectivity index (χ1n) is 9.98. The predicted octanol–water partition coefficient (Wildman–Crippen LogP) is 4.05. The molecule has 2 aromatic carbocycles. The number of pyridine rings is 1. The summed E-state index contributed by atoms with van der Waals surface area (Å²) >= 11 is 0. The van der Waals surface area contributed by atoms with Crippen LogP contribution >= 0.6 is 0 Å². The zero-order valence-electron chi connectivity index (χ0n) is 17.0. The van der Waals surface area contributed by atoms with Crippen molar-refractivity contribution < 1.29 is 4.74 Å². The highest BCUT2D eigenvalue weighted by atomic mass is 16.5. The lowest BCUT2D eigenvalue weighted by atomic mass is 9.85. The Morgan fingerprint density at radius 3 is 2.55 bits per heavy atom. The minimum Gasteiger partial charge on any atom is -0.397 e. The standard InChI is InChI=1S/C24H26N4O/c1-24(2,16-25)18-5-3-17(4-6-18)13-20-21-14-19(28-9-11-29-12-10-28)7-8-23(21)27-15-22(20)26/h3-8,14-15H,9-13,26H2,1-2H3. The molecule has 0 saturated carbocycles. The largest absolute Gasteiger partial charge is 0.397 e. The van der Waals surface area contributed by atoms with Crippen molar-refractivity contribution in [3.63, 3.8) is 0 Å². The SMILES string of the molecule is CC(C)(C#N)c1ccc(Cc2c(N)cnc3ccc(N4CCOCC4)cc23)cc1. The van der Waals surface area contributed by atoms with E-state index in [-0.39, 0.29) is 0 Å². The van der Waals surface area contributed by atoms with Crippen molar-refractivity contribution in [1.29, 1.82) is 5.26 Å². The van der Waals surface area contributed by atoms with Crippen molar-refractivity contribution in [3.05, 3.63) is 65.4 Å². The van der Waals surface area contributed by atoms with Gasteiger partial charge in [0.2, 0.25) is 0 Å². The molecule has 0 unspecified atom stereocenters. The van der Waals surface area contributed by atoms with Crippen LogP contribution in [0.4, 0.5) is 11.4 Å². The number of nitrogens with two attached hydrogens (primary N) is 1. The van der Waals surface area contributed by atoms with Gasteiger partial charge in [-0.1, -0.05) is 24.3 Å². The van der Waals surface area contributed by atoms with Gasteiger partial charge >= 0.3 is 0 Å². The molecule has 0 spiro atoms. The topological polar surface area (TPSA) is 75.2 Å². The highest BCUT2D eigenvalue weighted by Gasteiger charge is 2.19. The van der Waals surface area contributed by atoms with Crippen LogP contribution in [-0.4, -0.2) is 31.3 Å². The van der Waals surface area contributed by atoms with Gasteiger partial charge in [0.15, 0.2) is 0 Å². The fourth-order valence-electron chi connectivity index (χ4n) is 3.77. The second-order valence-corrected chi connectivity index (χ2v) is 8.10. The van der Waals surface area contributed by atoms with Crippen molar-refractivity contribution in [1.82, 2.24) is 4.98 Å². The smallest absolute Gasteiger partial charge is 0.0766 e. The number of fused-ring (bicyclic) bond motifs is 1. The number of anilines is 2. The van der Waals surface area contributed by atoms with Crippen LogP contribution in [0, 0.1) is 11.3 Å². The highest BCUT2D eigenvalue weighted by Crippen LogP contribution is 2.30. The molecule has 3 aromatic rings. The van der Waals surface area contributed by atoms with Crippen molar-refractivity contribution in [2.75, 3.05) is 36.9 Å². The first-order valence-corrected chi connectivity index (χ1v) is 9.98. The van der Waals surface area contributed by atoms with Crippen LogP contribution in [0.2, 0.25) is 0 Å². The third-order valence-electron chi connectivity index (χ3n) is 5.71. The molecule has 5 heteroatoms. The summed E-state index contributed by atoms with van der Waals surface area (Å²) in [5.41, 5.74) is 12.0. The summed E-state index contributed by atoms with van der Waals surface area (Å²) in [5.74, 6) is 0. The highest BCUT2D eigenvalue weighted by molar-refractivity contribution is 5.89. The number of hydrogen-bond donors (Lipinski definition) is 1. The summed E-state index contributed by atoms with van der Waals surface area (Å²) in [6.45, 7) is 7.17. The van der Waals surface area contributed by atoms with Crippen LogP contribution in [-0.2, 0) is 16.6 Å². The van der Waals surface area contributed by atoms with Gasteiger partial charge in [-0.15, -0.1) is 0 Å². The first kappa shape index (κ1) is 19.2. The van der Waals surface area contributed by atoms with E-state index < -0.39 is 5.41 Å². The van der Waals surface area contributed by atoms with E-state index in [1.807, 2.05) is 26.0 Å². The van der Waals surface area contributed by atoms with E-state index in [2.05, 4.69) is 46.3 Å². The van der Waals surface area contributed by atoms with Gasteiger partial charge in [-0.05, 0) is 48.7 Å². The van der Waals surface area contributed by atoms with Gasteiger partial charge < -0.3 is 15.4 Å². The lowest BCUT2D eigenvalue weighted by molar-refractivity contribution is 0.122. The third-order valence-corrected chi connectivity index (χ3v) is 5.71. The number of nitrogen functional groups attached to an aromatic ring is 1. The Labute approximate surface area is 171 Å². The molecule has 1 aliphatic heterocycles. The zero-order chi connectivity index (χ0) is 20.4. The van der Waals surface area contributed by atoms with E-state index in [9.17, 15) is 5.26 Å². The molecule has 1 aliphatic rings. The lowest BCUT2D eigenvalue weighted by Gasteiger charge is -2.29. The minimum atomic E-state index is -0.492. The molecule has 0 aliphatic carbocycles. The van der Waals surface area contributed by atoms with Gasteiger partial charge in [0.25, 0.3) is 0 Å². The zero-order valence-corrected chi connectivity index (χ0v) is 17.0. The Balaban J connectivity index is 1.69. The van der Waals surface area contributed by atoms with E-state index in [4.69, 9.17) is 10.5 Å². The van der Waals surface area contributed by atoms with Crippen molar-refractivity contribution in [2.24, 2.45) is 0 Å². The van der Waals surface area contributed by atoms with Gasteiger partial charge in [0, 0.05) is 30.6 Å². The Kier molecular flexibility index (Phi) is 5.12. The molecule has 2 N–H and O–H groups in total. The van der Waals surface area contributed by atoms with Gasteiger partial charge in [0.1, 0.15) is 0 Å². The summed E-state index contributed by atoms with van der Waals surface area (Å²) in [5, 5.41) is 10.4. The molecule has 0 bridgehead atoms. The maximum absolute atomic E-state index is 9.35. The predicted molar refractivity (Wildman–Crippen MR) is 117 cm³/mol. The third kappa shape index (κ3) is 3.90. The second-order valence-electron chi connectivity index (χ2n) is 8.10. The van der Waals surface area contributed by atoms with Crippen LogP contribution in [0.15, 0.2) is 48.7 Å². The Morgan fingerprint density at radius 2 is 1.86 bits per heavy atom. The van der Waals surface area contributed by atoms with E-state index >= 15 is 0 Å². The van der Waals surface area contributed by atoms with E-state index in [0.717, 1.165) is 54.8 Å². The number of morpholine rings is 1. The molecule has 148 valence electrons. The normalized spacial score (nSPS) is 14.7. The molecular formula is C24H26N4O. The summed E-state index contributed by atoms with van der Waals surface area (Å²) < 4.78 is 5.48. The maximum Gasteiger partial charge on any atom is 0.0766 e. The Hall–Kier alpha value is -3.10. The number of benzene rings is 2. The number of ether oxygens (including phenoxy) is 1. The van der Waals surface area contributed by atoms with Crippen LogP contribution < -0.4 is 10.6 Å². The number of aromatic nitrogens is 1. The quantitative estimate of drug-likeness (QED) is 0.732. The van der Waals surface area contributed by atoms with Gasteiger partial charge in [-0.3, -0.25) is 4.98 Å². The molecule has 1 aromatic heterocycles. The first-order chi connectivity index (χ1) is 14.0. The molecule has 29 heavy (non-hydrogen) atoms. The average molecular weight is 386 g/mol. The molecule has 0 radical (unpaired) electrons. The molecular weight excluding hydrogens is 360 g/mol. The molecule has 4 rings (SSSR count). The van der Waals surface area contributed by atoms with E-state index in [0.29, 0.717) is 5.69 Å². The van der Waals surface area contributed by atoms with Crippen molar-refractivity contribution in [3.8, 4) is 6.07 Å². The Morgan fingerprint density at radius 1 is 1.14 bits per heavy atom. The summed E-state index contributed by atoms with van der Waals surface area (Å²) in [6.07, 6.45) is 2.48. The van der Waals surface area contributed by atoms with Crippen LogP contribution in [0.5, 0.6) is 0 Å². The average Bonchev–Trinajstić information content (AvgIpc) is 2.76. The van der Waals surface area contributed by atoms with E-state index in [1.54, 1.807) is 6.20 Å². The monoisotopic (exact) mass is 386 g/mol. The van der Waals surface area contributed by atoms with Crippen molar-refractivity contribution in [2.45, 2.75) is 25.7 Å². The summed E-state index contributed by atoms with van der Waals surface area (Å²) in [4.78, 5) is 6.86. The van der Waals surface area contributed by atoms with E-state index in [1.165, 1.54) is 11.3 Å². The van der Waals surface area contributed by atoms with Crippen molar-refractivity contribution >= 4 is 22.3 Å². The molecule has 0 atom stereocenters. The minimum absolute atomic E-state index is 0.492. The fourth-order valence-corrected chi connectivity index (χ4v) is 3.77. The van der Waals surface area contributed by atoms with Gasteiger partial charge in [-0.2, -0.15) is 5.26 Å². The summed E-state index contributed by atoms with van der Waals surface area (Å²) in [7, 11) is 0. The lowest BCUT2D eigenvalue weighted by Crippen LogP contribution is -2.36. The van der Waals surface area contributed by atoms with Gasteiger partial charge in [-0.25, -0.2) is 0 Å². The molecule has 0 amide bonds.